The SMILES string of the molecule is C=C(Cl)C([SiH3])(CCC)Cc1ccccc1. The van der Waals surface area contributed by atoms with Gasteiger partial charge in [-0.25, -0.2) is 0 Å². The van der Waals surface area contributed by atoms with Crippen LogP contribution in [0.5, 0.6) is 0 Å². The van der Waals surface area contributed by atoms with Gasteiger partial charge in [0.25, 0.3) is 0 Å². The number of allylic oxidation sites excluding steroid dienone is 1. The lowest BCUT2D eigenvalue weighted by Crippen LogP contribution is -2.16. The maximum absolute atomic E-state index is 6.15. The minimum atomic E-state index is 0.164. The van der Waals surface area contributed by atoms with Gasteiger partial charge in [0, 0.05) is 15.3 Å². The topological polar surface area (TPSA) is 0 Å². The van der Waals surface area contributed by atoms with Crippen molar-refractivity contribution in [3.8, 4) is 0 Å². The van der Waals surface area contributed by atoms with Crippen LogP contribution in [-0.2, 0) is 6.42 Å². The van der Waals surface area contributed by atoms with Crippen LogP contribution in [0.2, 0.25) is 5.04 Å². The van der Waals surface area contributed by atoms with Gasteiger partial charge in [-0.3, -0.25) is 0 Å². The molecule has 0 N–H and O–H groups in total. The Morgan fingerprint density at radius 1 is 1.40 bits per heavy atom. The van der Waals surface area contributed by atoms with Crippen LogP contribution in [0.3, 0.4) is 0 Å². The van der Waals surface area contributed by atoms with Crippen LogP contribution in [0.1, 0.15) is 25.3 Å². The van der Waals surface area contributed by atoms with Gasteiger partial charge in [0.1, 0.15) is 0 Å². The summed E-state index contributed by atoms with van der Waals surface area (Å²) in [5.74, 6) is 0. The van der Waals surface area contributed by atoms with E-state index < -0.39 is 0 Å². The van der Waals surface area contributed by atoms with Gasteiger partial charge < -0.3 is 0 Å². The Hall–Kier alpha value is -0.533. The summed E-state index contributed by atoms with van der Waals surface area (Å²) in [6.07, 6.45) is 3.36. The van der Waals surface area contributed by atoms with E-state index in [1.807, 2.05) is 6.07 Å². The van der Waals surface area contributed by atoms with E-state index in [1.54, 1.807) is 0 Å². The Morgan fingerprint density at radius 3 is 2.47 bits per heavy atom. The Kier molecular flexibility index (Phi) is 4.62. The molecule has 0 aliphatic carbocycles. The quantitative estimate of drug-likeness (QED) is 0.691. The molecule has 1 atom stereocenters. The number of hydrogen-bond acceptors (Lipinski definition) is 0. The van der Waals surface area contributed by atoms with E-state index in [2.05, 4.69) is 37.8 Å². The Balaban J connectivity index is 2.80. The molecule has 1 aromatic rings. The van der Waals surface area contributed by atoms with Crippen molar-refractivity contribution in [2.24, 2.45) is 0 Å². The van der Waals surface area contributed by atoms with Crippen LogP contribution in [0.25, 0.3) is 0 Å². The van der Waals surface area contributed by atoms with Crippen molar-refractivity contribution in [1.82, 2.24) is 0 Å². The predicted molar refractivity (Wildman–Crippen MR) is 72.7 cm³/mol. The second-order valence-electron chi connectivity index (χ2n) is 4.38. The van der Waals surface area contributed by atoms with Gasteiger partial charge in [-0.1, -0.05) is 61.9 Å². The molecular formula is C13H19ClSi. The summed E-state index contributed by atoms with van der Waals surface area (Å²) in [6, 6.07) is 10.6. The maximum Gasteiger partial charge on any atom is 0.0177 e. The fraction of sp³-hybridized carbons (Fsp3) is 0.385. The van der Waals surface area contributed by atoms with Crippen LogP contribution < -0.4 is 0 Å². The van der Waals surface area contributed by atoms with Gasteiger partial charge in [0.05, 0.1) is 0 Å². The molecule has 0 aliphatic heterocycles. The molecule has 1 unspecified atom stereocenters. The molecule has 1 rings (SSSR count). The molecule has 0 spiro atoms. The second-order valence-corrected chi connectivity index (χ2v) is 6.75. The third-order valence-electron chi connectivity index (χ3n) is 2.89. The fourth-order valence-corrected chi connectivity index (χ4v) is 2.99. The van der Waals surface area contributed by atoms with Crippen LogP contribution in [0, 0.1) is 0 Å². The van der Waals surface area contributed by atoms with E-state index >= 15 is 0 Å². The van der Waals surface area contributed by atoms with E-state index in [1.165, 1.54) is 12.0 Å². The number of halogens is 1. The highest BCUT2D eigenvalue weighted by molar-refractivity contribution is 6.36. The lowest BCUT2D eigenvalue weighted by atomic mass is 9.93. The molecular weight excluding hydrogens is 220 g/mol. The molecule has 1 aromatic carbocycles. The average molecular weight is 239 g/mol. The average Bonchev–Trinajstić information content (AvgIpc) is 2.19. The van der Waals surface area contributed by atoms with Crippen molar-refractivity contribution < 1.29 is 0 Å². The summed E-state index contributed by atoms with van der Waals surface area (Å²) >= 11 is 6.15. The van der Waals surface area contributed by atoms with Crippen molar-refractivity contribution in [3.05, 3.63) is 47.5 Å². The van der Waals surface area contributed by atoms with E-state index in [0.717, 1.165) is 28.1 Å². The van der Waals surface area contributed by atoms with Crippen molar-refractivity contribution in [2.45, 2.75) is 31.2 Å². The number of benzene rings is 1. The van der Waals surface area contributed by atoms with Crippen molar-refractivity contribution in [3.63, 3.8) is 0 Å². The van der Waals surface area contributed by atoms with Crippen molar-refractivity contribution in [2.75, 3.05) is 0 Å². The molecule has 15 heavy (non-hydrogen) atoms. The Bertz CT molecular complexity index is 321. The lowest BCUT2D eigenvalue weighted by Gasteiger charge is -2.28. The largest absolute Gasteiger partial charge is 0.0895 e. The predicted octanol–water partition coefficient (Wildman–Crippen LogP) is 3.31. The molecule has 0 saturated carbocycles. The lowest BCUT2D eigenvalue weighted by molar-refractivity contribution is 0.593. The Morgan fingerprint density at radius 2 is 2.00 bits per heavy atom. The molecule has 0 bridgehead atoms. The van der Waals surface area contributed by atoms with Crippen LogP contribution in [0.4, 0.5) is 0 Å². The zero-order chi connectivity index (χ0) is 11.3. The third-order valence-corrected chi connectivity index (χ3v) is 5.12. The van der Waals surface area contributed by atoms with Gasteiger partial charge >= 0.3 is 0 Å². The highest BCUT2D eigenvalue weighted by atomic mass is 35.5. The normalized spacial score (nSPS) is 14.8. The van der Waals surface area contributed by atoms with Gasteiger partial charge in [0.2, 0.25) is 0 Å². The van der Waals surface area contributed by atoms with E-state index in [4.69, 9.17) is 11.6 Å². The zero-order valence-corrected chi connectivity index (χ0v) is 12.3. The van der Waals surface area contributed by atoms with Crippen LogP contribution in [0.15, 0.2) is 41.9 Å². The van der Waals surface area contributed by atoms with Gasteiger partial charge in [-0.15, -0.1) is 0 Å². The van der Waals surface area contributed by atoms with Crippen LogP contribution >= 0.6 is 11.6 Å². The van der Waals surface area contributed by atoms with Crippen molar-refractivity contribution in [1.29, 1.82) is 0 Å². The summed E-state index contributed by atoms with van der Waals surface area (Å²) in [4.78, 5) is 0. The first-order valence-corrected chi connectivity index (χ1v) is 6.85. The molecule has 82 valence electrons. The van der Waals surface area contributed by atoms with E-state index in [0.29, 0.717) is 0 Å². The Labute approximate surface area is 101 Å². The zero-order valence-electron chi connectivity index (χ0n) is 9.59. The monoisotopic (exact) mass is 238 g/mol. The van der Waals surface area contributed by atoms with Crippen molar-refractivity contribution >= 4 is 21.8 Å². The smallest absolute Gasteiger partial charge is 0.0177 e. The van der Waals surface area contributed by atoms with Gasteiger partial charge in [0.15, 0.2) is 0 Å². The molecule has 0 aromatic heterocycles. The first-order chi connectivity index (χ1) is 7.08. The fourth-order valence-electron chi connectivity index (χ4n) is 1.92. The molecule has 0 radical (unpaired) electrons. The minimum absolute atomic E-state index is 0.164. The van der Waals surface area contributed by atoms with Gasteiger partial charge in [-0.05, 0) is 23.4 Å². The summed E-state index contributed by atoms with van der Waals surface area (Å²) in [5.41, 5.74) is 1.36. The highest BCUT2D eigenvalue weighted by Gasteiger charge is 2.25. The second kappa shape index (κ2) is 5.52. The molecule has 0 amide bonds. The molecule has 0 heterocycles. The van der Waals surface area contributed by atoms with Gasteiger partial charge in [-0.2, -0.15) is 0 Å². The molecule has 2 heteroatoms. The third kappa shape index (κ3) is 3.51. The summed E-state index contributed by atoms with van der Waals surface area (Å²) in [7, 11) is 1.07. The molecule has 0 saturated heterocycles. The maximum atomic E-state index is 6.15. The van der Waals surface area contributed by atoms with E-state index in [9.17, 15) is 0 Å². The highest BCUT2D eigenvalue weighted by Crippen LogP contribution is 2.41. The minimum Gasteiger partial charge on any atom is -0.0895 e. The standard InChI is InChI=1S/C13H19ClSi/c1-3-9-13(15,11(2)14)10-12-7-5-4-6-8-12/h4-8H,2-3,9-10H2,1,15H3. The van der Waals surface area contributed by atoms with Crippen LogP contribution in [-0.4, -0.2) is 10.2 Å². The van der Waals surface area contributed by atoms with E-state index in [-0.39, 0.29) is 5.04 Å². The summed E-state index contributed by atoms with van der Waals surface area (Å²) < 4.78 is 0. The first kappa shape index (κ1) is 12.5. The number of rotatable bonds is 5. The first-order valence-electron chi connectivity index (χ1n) is 5.47. The molecule has 0 aliphatic rings. The number of hydrogen-bond donors (Lipinski definition) is 0. The summed E-state index contributed by atoms with van der Waals surface area (Å²) in [6.45, 7) is 6.15. The molecule has 0 nitrogen and oxygen atoms in total. The molecule has 0 fully saturated rings. The summed E-state index contributed by atoms with van der Waals surface area (Å²) in [5, 5.41) is 0.998.